The summed E-state index contributed by atoms with van der Waals surface area (Å²) in [4.78, 5) is 16.1. The molecule has 0 atom stereocenters. The Morgan fingerprint density at radius 1 is 1.33 bits per heavy atom. The number of ether oxygens (including phenoxy) is 1. The topological polar surface area (TPSA) is 103 Å². The molecule has 0 bridgehead atoms. The third kappa shape index (κ3) is 4.13. The number of benzene rings is 1. The number of nitrogens with zero attached hydrogens (tertiary/aromatic N) is 4. The summed E-state index contributed by atoms with van der Waals surface area (Å²) in [6.45, 7) is 0. The van der Waals surface area contributed by atoms with Gasteiger partial charge in [-0.15, -0.1) is 10.2 Å². The zero-order valence-corrected chi connectivity index (χ0v) is 13.7. The molecule has 0 aliphatic rings. The van der Waals surface area contributed by atoms with E-state index < -0.39 is 0 Å². The van der Waals surface area contributed by atoms with Gasteiger partial charge in [0.2, 0.25) is 22.8 Å². The first kappa shape index (κ1) is 16.1. The van der Waals surface area contributed by atoms with E-state index in [1.165, 1.54) is 11.3 Å². The van der Waals surface area contributed by atoms with Crippen molar-refractivity contribution < 1.29 is 14.1 Å². The zero-order valence-electron chi connectivity index (χ0n) is 12.9. The van der Waals surface area contributed by atoms with Crippen LogP contribution in [0.5, 0.6) is 5.75 Å². The Morgan fingerprint density at radius 2 is 2.17 bits per heavy atom. The molecule has 24 heavy (non-hydrogen) atoms. The Bertz CT molecular complexity index is 786. The minimum atomic E-state index is -0.110. The van der Waals surface area contributed by atoms with Gasteiger partial charge in [-0.3, -0.25) is 4.79 Å². The highest BCUT2D eigenvalue weighted by Crippen LogP contribution is 2.20. The summed E-state index contributed by atoms with van der Waals surface area (Å²) in [5.41, 5.74) is 2.41. The fourth-order valence-electron chi connectivity index (χ4n) is 2.02. The first-order chi connectivity index (χ1) is 11.7. The molecule has 1 N–H and O–H groups in total. The van der Waals surface area contributed by atoms with Crippen molar-refractivity contribution in [1.29, 1.82) is 0 Å². The molecule has 2 heterocycles. The van der Waals surface area contributed by atoms with Crippen LogP contribution in [0.15, 0.2) is 34.3 Å². The van der Waals surface area contributed by atoms with Gasteiger partial charge in [0, 0.05) is 18.4 Å². The molecule has 0 aliphatic carbocycles. The van der Waals surface area contributed by atoms with Crippen LogP contribution in [-0.4, -0.2) is 33.4 Å². The van der Waals surface area contributed by atoms with Gasteiger partial charge in [-0.05, 0) is 30.7 Å². The van der Waals surface area contributed by atoms with Crippen molar-refractivity contribution in [2.45, 2.75) is 19.3 Å². The fourth-order valence-corrected chi connectivity index (χ4v) is 2.48. The second kappa shape index (κ2) is 7.64. The molecule has 1 amide bonds. The predicted octanol–water partition coefficient (Wildman–Crippen LogP) is 2.56. The Labute approximate surface area is 141 Å². The summed E-state index contributed by atoms with van der Waals surface area (Å²) in [7, 11) is 1.61. The summed E-state index contributed by atoms with van der Waals surface area (Å²) >= 11 is 1.28. The number of rotatable bonds is 7. The Hall–Kier alpha value is -2.81. The number of aromatic nitrogens is 4. The molecule has 0 saturated carbocycles. The highest BCUT2D eigenvalue weighted by Gasteiger charge is 2.10. The van der Waals surface area contributed by atoms with Crippen LogP contribution in [0.25, 0.3) is 11.4 Å². The minimum Gasteiger partial charge on any atom is -0.497 e. The number of nitrogens with one attached hydrogen (secondary N) is 1. The van der Waals surface area contributed by atoms with E-state index in [0.717, 1.165) is 11.3 Å². The lowest BCUT2D eigenvalue weighted by Gasteiger charge is -1.99. The van der Waals surface area contributed by atoms with E-state index in [-0.39, 0.29) is 5.91 Å². The lowest BCUT2D eigenvalue weighted by Crippen LogP contribution is -2.11. The van der Waals surface area contributed by atoms with Crippen molar-refractivity contribution in [3.05, 3.63) is 35.7 Å². The summed E-state index contributed by atoms with van der Waals surface area (Å²) < 4.78 is 10.3. The zero-order chi connectivity index (χ0) is 16.8. The third-order valence-corrected chi connectivity index (χ3v) is 3.82. The Kier molecular flexibility index (Phi) is 5.12. The Morgan fingerprint density at radius 3 is 2.88 bits per heavy atom. The number of aryl methyl sites for hydroxylation is 1. The van der Waals surface area contributed by atoms with E-state index in [9.17, 15) is 4.79 Å². The molecule has 9 heteroatoms. The number of amides is 1. The Balaban J connectivity index is 1.49. The molecular weight excluding hydrogens is 330 g/mol. The molecule has 8 nitrogen and oxygen atoms in total. The standard InChI is InChI=1S/C15H15N5O3S/c1-22-11-7-5-10(6-8-11)14-18-13(23-20-14)4-2-3-12(21)17-15-19-16-9-24-15/h5-9H,2-4H2,1H3,(H,17,19,21). The monoisotopic (exact) mass is 345 g/mol. The van der Waals surface area contributed by atoms with Crippen LogP contribution in [-0.2, 0) is 11.2 Å². The molecule has 1 aromatic carbocycles. The maximum Gasteiger partial charge on any atom is 0.226 e. The molecule has 0 aliphatic heterocycles. The van der Waals surface area contributed by atoms with E-state index in [1.807, 2.05) is 24.3 Å². The van der Waals surface area contributed by atoms with Crippen LogP contribution in [0.1, 0.15) is 18.7 Å². The van der Waals surface area contributed by atoms with Crippen molar-refractivity contribution in [2.24, 2.45) is 0 Å². The van der Waals surface area contributed by atoms with Gasteiger partial charge in [0.25, 0.3) is 0 Å². The van der Waals surface area contributed by atoms with Crippen molar-refractivity contribution >= 4 is 22.4 Å². The van der Waals surface area contributed by atoms with E-state index >= 15 is 0 Å². The number of hydrogen-bond donors (Lipinski definition) is 1. The number of anilines is 1. The fraction of sp³-hybridized carbons (Fsp3) is 0.267. The molecule has 0 radical (unpaired) electrons. The van der Waals surface area contributed by atoms with Gasteiger partial charge < -0.3 is 14.6 Å². The first-order valence-electron chi connectivity index (χ1n) is 7.27. The van der Waals surface area contributed by atoms with Crippen LogP contribution in [0, 0.1) is 0 Å². The largest absolute Gasteiger partial charge is 0.497 e. The average Bonchev–Trinajstić information content (AvgIpc) is 3.27. The van der Waals surface area contributed by atoms with E-state index in [4.69, 9.17) is 9.26 Å². The van der Waals surface area contributed by atoms with Gasteiger partial charge in [-0.2, -0.15) is 4.98 Å². The summed E-state index contributed by atoms with van der Waals surface area (Å²) in [6, 6.07) is 7.40. The van der Waals surface area contributed by atoms with Crippen molar-refractivity contribution in [2.75, 3.05) is 12.4 Å². The molecule has 0 fully saturated rings. The lowest BCUT2D eigenvalue weighted by molar-refractivity contribution is -0.116. The predicted molar refractivity (Wildman–Crippen MR) is 87.8 cm³/mol. The van der Waals surface area contributed by atoms with E-state index in [1.54, 1.807) is 12.6 Å². The minimum absolute atomic E-state index is 0.110. The second-order valence-corrected chi connectivity index (χ2v) is 5.72. The lowest BCUT2D eigenvalue weighted by atomic mass is 10.2. The first-order valence-corrected chi connectivity index (χ1v) is 8.15. The van der Waals surface area contributed by atoms with Gasteiger partial charge in [0.15, 0.2) is 0 Å². The van der Waals surface area contributed by atoms with Crippen molar-refractivity contribution in [3.8, 4) is 17.1 Å². The van der Waals surface area contributed by atoms with Crippen molar-refractivity contribution in [1.82, 2.24) is 20.3 Å². The number of methoxy groups -OCH3 is 1. The maximum atomic E-state index is 11.7. The highest BCUT2D eigenvalue weighted by atomic mass is 32.1. The molecule has 0 unspecified atom stereocenters. The highest BCUT2D eigenvalue weighted by molar-refractivity contribution is 7.13. The smallest absolute Gasteiger partial charge is 0.226 e. The molecule has 0 saturated heterocycles. The van der Waals surface area contributed by atoms with E-state index in [0.29, 0.717) is 36.1 Å². The number of hydrogen-bond acceptors (Lipinski definition) is 8. The van der Waals surface area contributed by atoms with Crippen LogP contribution in [0.4, 0.5) is 5.13 Å². The van der Waals surface area contributed by atoms with Crippen LogP contribution in [0.3, 0.4) is 0 Å². The SMILES string of the molecule is COc1ccc(-c2noc(CCCC(=O)Nc3nncs3)n2)cc1. The van der Waals surface area contributed by atoms with Crippen molar-refractivity contribution in [3.63, 3.8) is 0 Å². The second-order valence-electron chi connectivity index (χ2n) is 4.89. The van der Waals surface area contributed by atoms with E-state index in [2.05, 4.69) is 25.7 Å². The van der Waals surface area contributed by atoms with Gasteiger partial charge in [0.1, 0.15) is 11.3 Å². The van der Waals surface area contributed by atoms with Gasteiger partial charge in [-0.1, -0.05) is 16.5 Å². The maximum absolute atomic E-state index is 11.7. The van der Waals surface area contributed by atoms with Crippen LogP contribution < -0.4 is 10.1 Å². The summed E-state index contributed by atoms with van der Waals surface area (Å²) in [6.07, 6.45) is 1.49. The number of carbonyl (C=O) groups excluding carboxylic acids is 1. The van der Waals surface area contributed by atoms with Gasteiger partial charge in [-0.25, -0.2) is 0 Å². The number of carbonyl (C=O) groups is 1. The van der Waals surface area contributed by atoms with Gasteiger partial charge >= 0.3 is 0 Å². The van der Waals surface area contributed by atoms with Crippen LogP contribution >= 0.6 is 11.3 Å². The molecule has 0 spiro atoms. The third-order valence-electron chi connectivity index (χ3n) is 3.22. The quantitative estimate of drug-likeness (QED) is 0.702. The summed E-state index contributed by atoms with van der Waals surface area (Å²) in [5, 5.41) is 14.6. The molecule has 124 valence electrons. The van der Waals surface area contributed by atoms with Crippen LogP contribution in [0.2, 0.25) is 0 Å². The summed E-state index contributed by atoms with van der Waals surface area (Å²) in [5.74, 6) is 1.68. The van der Waals surface area contributed by atoms with Gasteiger partial charge in [0.05, 0.1) is 7.11 Å². The molecule has 3 rings (SSSR count). The molecule has 2 aromatic heterocycles. The molecule has 3 aromatic rings. The molecular formula is C15H15N5O3S. The normalized spacial score (nSPS) is 10.5. The average molecular weight is 345 g/mol.